The summed E-state index contributed by atoms with van der Waals surface area (Å²) >= 11 is 0. The number of nitrogens with one attached hydrogen (secondary N) is 1. The number of hydroxylamine groups is 2. The lowest BCUT2D eigenvalue weighted by Gasteiger charge is -2.24. The first-order valence-corrected chi connectivity index (χ1v) is 12.2. The van der Waals surface area contributed by atoms with E-state index in [1.807, 2.05) is 31.2 Å². The summed E-state index contributed by atoms with van der Waals surface area (Å²) in [6.07, 6.45) is 4.26. The number of anilines is 1. The van der Waals surface area contributed by atoms with Crippen LogP contribution < -0.4 is 14.8 Å². The lowest BCUT2D eigenvalue weighted by atomic mass is 10.0. The predicted octanol–water partition coefficient (Wildman–Crippen LogP) is 4.02. The standard InChI is InChI=1S/C27H31N3O7/c1-4-36-24-14-19(10-11-23(24)35-3)22(12-13-29(16-31)37-17(2)32)30-15-20-6-5-7-21(25(20)27(30)34)28-26(33)18-8-9-18/h5-7,10-11,14-16,18,22,34H,4,8-9,12-13H2,1-3H3,(H,28,33). The van der Waals surface area contributed by atoms with E-state index in [4.69, 9.17) is 14.3 Å². The summed E-state index contributed by atoms with van der Waals surface area (Å²) in [5, 5.41) is 16.5. The average Bonchev–Trinajstić information content (AvgIpc) is 3.68. The molecule has 1 aliphatic carbocycles. The first-order chi connectivity index (χ1) is 17.9. The zero-order valence-electron chi connectivity index (χ0n) is 21.1. The highest BCUT2D eigenvalue weighted by atomic mass is 16.7. The Labute approximate surface area is 214 Å². The number of carbonyl (C=O) groups excluding carboxylic acids is 3. The van der Waals surface area contributed by atoms with Crippen molar-refractivity contribution >= 4 is 34.7 Å². The van der Waals surface area contributed by atoms with Crippen molar-refractivity contribution in [3.8, 4) is 17.4 Å². The molecule has 0 bridgehead atoms. The molecule has 196 valence electrons. The zero-order valence-corrected chi connectivity index (χ0v) is 21.1. The molecule has 1 aliphatic rings. The summed E-state index contributed by atoms with van der Waals surface area (Å²) in [7, 11) is 1.55. The van der Waals surface area contributed by atoms with E-state index in [0.717, 1.165) is 28.9 Å². The van der Waals surface area contributed by atoms with Crippen molar-refractivity contribution in [3.05, 3.63) is 48.2 Å². The van der Waals surface area contributed by atoms with Gasteiger partial charge in [0.05, 0.1) is 37.4 Å². The molecule has 1 fully saturated rings. The Balaban J connectivity index is 1.76. The van der Waals surface area contributed by atoms with E-state index in [9.17, 15) is 19.5 Å². The number of amides is 2. The van der Waals surface area contributed by atoms with Crippen LogP contribution in [-0.2, 0) is 19.2 Å². The van der Waals surface area contributed by atoms with Gasteiger partial charge in [0.2, 0.25) is 18.2 Å². The van der Waals surface area contributed by atoms with Crippen LogP contribution in [0.3, 0.4) is 0 Å². The van der Waals surface area contributed by atoms with Gasteiger partial charge in [-0.15, -0.1) is 0 Å². The summed E-state index contributed by atoms with van der Waals surface area (Å²) in [5.74, 6) is 0.400. The molecule has 1 atom stereocenters. The number of nitrogens with zero attached hydrogens (tertiary/aromatic N) is 2. The van der Waals surface area contributed by atoms with Crippen molar-refractivity contribution < 1.29 is 33.8 Å². The molecule has 0 radical (unpaired) electrons. The maximum absolute atomic E-state index is 12.4. The maximum Gasteiger partial charge on any atom is 0.329 e. The average molecular weight is 510 g/mol. The normalized spacial score (nSPS) is 13.6. The molecule has 10 nitrogen and oxygen atoms in total. The van der Waals surface area contributed by atoms with Crippen molar-refractivity contribution in [2.75, 3.05) is 25.6 Å². The molecule has 1 heterocycles. The van der Waals surface area contributed by atoms with Crippen LogP contribution in [0.1, 0.15) is 44.7 Å². The van der Waals surface area contributed by atoms with Gasteiger partial charge in [-0.2, -0.15) is 5.06 Å². The van der Waals surface area contributed by atoms with Gasteiger partial charge >= 0.3 is 5.97 Å². The molecule has 2 N–H and O–H groups in total. The van der Waals surface area contributed by atoms with Gasteiger partial charge < -0.3 is 29.3 Å². The second kappa shape index (κ2) is 11.2. The van der Waals surface area contributed by atoms with Crippen molar-refractivity contribution in [1.29, 1.82) is 0 Å². The third kappa shape index (κ3) is 5.79. The molecule has 3 aromatic rings. The number of hydrogen-bond acceptors (Lipinski definition) is 7. The first kappa shape index (κ1) is 25.9. The van der Waals surface area contributed by atoms with Gasteiger partial charge in [0.25, 0.3) is 0 Å². The molecular weight excluding hydrogens is 478 g/mol. The van der Waals surface area contributed by atoms with Crippen molar-refractivity contribution in [3.63, 3.8) is 0 Å². The number of fused-ring (bicyclic) bond motifs is 1. The maximum atomic E-state index is 12.4. The molecular formula is C27H31N3O7. The smallest absolute Gasteiger partial charge is 0.329 e. The number of methoxy groups -OCH3 is 1. The Morgan fingerprint density at radius 3 is 2.68 bits per heavy atom. The molecule has 4 rings (SSSR count). The number of ether oxygens (including phenoxy) is 2. The second-order valence-electron chi connectivity index (χ2n) is 8.87. The highest BCUT2D eigenvalue weighted by Crippen LogP contribution is 2.41. The fourth-order valence-electron chi connectivity index (χ4n) is 4.36. The molecule has 2 amide bonds. The molecule has 0 spiro atoms. The Bertz CT molecular complexity index is 1300. The Hall–Kier alpha value is -4.21. The monoisotopic (exact) mass is 509 g/mol. The largest absolute Gasteiger partial charge is 0.494 e. The van der Waals surface area contributed by atoms with Crippen molar-refractivity contribution in [2.24, 2.45) is 5.92 Å². The number of hydrogen-bond donors (Lipinski definition) is 2. The van der Waals surface area contributed by atoms with Crippen molar-refractivity contribution in [1.82, 2.24) is 9.63 Å². The minimum atomic E-state index is -0.614. The van der Waals surface area contributed by atoms with E-state index in [2.05, 4.69) is 5.32 Å². The number of rotatable bonds is 12. The molecule has 1 saturated carbocycles. The fourth-order valence-corrected chi connectivity index (χ4v) is 4.36. The summed E-state index contributed by atoms with van der Waals surface area (Å²) < 4.78 is 12.9. The van der Waals surface area contributed by atoms with Crippen LogP contribution in [0.4, 0.5) is 5.69 Å². The SMILES string of the molecule is CCOc1cc(C(CCN(C=O)OC(C)=O)n2cc3cccc(NC(=O)C4CC4)c3c2O)ccc1OC. The van der Waals surface area contributed by atoms with Gasteiger partial charge in [-0.3, -0.25) is 14.4 Å². The minimum Gasteiger partial charge on any atom is -0.494 e. The van der Waals surface area contributed by atoms with Crippen LogP contribution in [0.15, 0.2) is 42.6 Å². The van der Waals surface area contributed by atoms with Crippen molar-refractivity contribution in [2.45, 2.75) is 39.2 Å². The summed E-state index contributed by atoms with van der Waals surface area (Å²) in [4.78, 5) is 40.3. The molecule has 1 unspecified atom stereocenters. The number of benzene rings is 2. The van der Waals surface area contributed by atoms with Crippen LogP contribution in [0.25, 0.3) is 10.8 Å². The first-order valence-electron chi connectivity index (χ1n) is 12.2. The van der Waals surface area contributed by atoms with Gasteiger partial charge in [0, 0.05) is 24.4 Å². The zero-order chi connectivity index (χ0) is 26.5. The van der Waals surface area contributed by atoms with Gasteiger partial charge in [0.1, 0.15) is 0 Å². The third-order valence-electron chi connectivity index (χ3n) is 6.24. The topological polar surface area (TPSA) is 119 Å². The van der Waals surface area contributed by atoms with E-state index in [0.29, 0.717) is 42.0 Å². The van der Waals surface area contributed by atoms with Crippen LogP contribution in [0.5, 0.6) is 17.4 Å². The van der Waals surface area contributed by atoms with Gasteiger partial charge in [-0.05, 0) is 49.9 Å². The van der Waals surface area contributed by atoms with Crippen LogP contribution >= 0.6 is 0 Å². The van der Waals surface area contributed by atoms with Gasteiger partial charge in [-0.25, -0.2) is 0 Å². The number of carbonyl (C=O) groups is 3. The number of aromatic nitrogens is 1. The van der Waals surface area contributed by atoms with E-state index >= 15 is 0 Å². The van der Waals surface area contributed by atoms with E-state index in [-0.39, 0.29) is 24.2 Å². The Kier molecular flexibility index (Phi) is 7.86. The molecule has 0 saturated heterocycles. The van der Waals surface area contributed by atoms with E-state index in [1.54, 1.807) is 30.0 Å². The fraction of sp³-hybridized carbons (Fsp3) is 0.370. The summed E-state index contributed by atoms with van der Waals surface area (Å²) in [6, 6.07) is 10.4. The molecule has 1 aromatic heterocycles. The quantitative estimate of drug-likeness (QED) is 0.280. The lowest BCUT2D eigenvalue weighted by Crippen LogP contribution is -2.28. The summed E-state index contributed by atoms with van der Waals surface area (Å²) in [6.45, 7) is 3.59. The molecule has 10 heteroatoms. The highest BCUT2D eigenvalue weighted by Gasteiger charge is 2.30. The van der Waals surface area contributed by atoms with Gasteiger partial charge in [-0.1, -0.05) is 18.2 Å². The Morgan fingerprint density at radius 2 is 2.03 bits per heavy atom. The van der Waals surface area contributed by atoms with Gasteiger partial charge in [0.15, 0.2) is 11.5 Å². The van der Waals surface area contributed by atoms with E-state index in [1.165, 1.54) is 6.92 Å². The number of aromatic hydroxyl groups is 1. The van der Waals surface area contributed by atoms with Crippen LogP contribution in [0, 0.1) is 5.92 Å². The molecule has 37 heavy (non-hydrogen) atoms. The molecule has 2 aromatic carbocycles. The lowest BCUT2D eigenvalue weighted by molar-refractivity contribution is -0.188. The van der Waals surface area contributed by atoms with Crippen LogP contribution in [0.2, 0.25) is 0 Å². The molecule has 0 aliphatic heterocycles. The summed E-state index contributed by atoms with van der Waals surface area (Å²) in [5.41, 5.74) is 1.31. The second-order valence-corrected chi connectivity index (χ2v) is 8.87. The third-order valence-corrected chi connectivity index (χ3v) is 6.24. The Morgan fingerprint density at radius 1 is 1.24 bits per heavy atom. The van der Waals surface area contributed by atoms with Crippen LogP contribution in [-0.4, -0.2) is 53.3 Å². The van der Waals surface area contributed by atoms with E-state index < -0.39 is 12.0 Å². The highest BCUT2D eigenvalue weighted by molar-refractivity contribution is 6.05. The predicted molar refractivity (Wildman–Crippen MR) is 136 cm³/mol. The minimum absolute atomic E-state index is 0.0131.